The number of aliphatic carboxylic acids is 1. The first-order valence-electron chi connectivity index (χ1n) is 6.05. The molecule has 0 aliphatic carbocycles. The average molecular weight is 281 g/mol. The molecule has 0 saturated carbocycles. The number of rotatable bonds is 3. The summed E-state index contributed by atoms with van der Waals surface area (Å²) < 4.78 is 5.19. The van der Waals surface area contributed by atoms with Crippen molar-refractivity contribution in [1.82, 2.24) is 4.98 Å². The molecule has 7 nitrogen and oxygen atoms in total. The Morgan fingerprint density at radius 1 is 1.40 bits per heavy atom. The van der Waals surface area contributed by atoms with Gasteiger partial charge in [0, 0.05) is 0 Å². The molecule has 0 radical (unpaired) electrons. The van der Waals surface area contributed by atoms with Gasteiger partial charge in [-0.05, 0) is 39.3 Å². The van der Waals surface area contributed by atoms with Crippen molar-refractivity contribution < 1.29 is 19.4 Å². The molecule has 3 N–H and O–H groups in total. The van der Waals surface area contributed by atoms with Crippen LogP contribution in [0.4, 0.5) is 16.4 Å². The normalized spacial score (nSPS) is 11.0. The zero-order valence-electron chi connectivity index (χ0n) is 12.0. The highest BCUT2D eigenvalue weighted by Gasteiger charge is 2.27. The minimum Gasteiger partial charge on any atom is -0.480 e. The van der Waals surface area contributed by atoms with Gasteiger partial charge in [-0.2, -0.15) is 0 Å². The number of carboxylic acids is 1. The molecule has 1 aromatic heterocycles. The minimum atomic E-state index is -1.17. The maximum Gasteiger partial charge on any atom is 0.416 e. The molecule has 20 heavy (non-hydrogen) atoms. The molecule has 0 unspecified atom stereocenters. The van der Waals surface area contributed by atoms with Gasteiger partial charge in [0.1, 0.15) is 23.8 Å². The van der Waals surface area contributed by atoms with E-state index in [0.29, 0.717) is 5.56 Å². The molecule has 7 heteroatoms. The molecule has 0 fully saturated rings. The smallest absolute Gasteiger partial charge is 0.416 e. The molecule has 110 valence electrons. The van der Waals surface area contributed by atoms with E-state index in [1.54, 1.807) is 39.8 Å². The first kappa shape index (κ1) is 15.7. The lowest BCUT2D eigenvalue weighted by Crippen LogP contribution is -2.40. The van der Waals surface area contributed by atoms with E-state index in [2.05, 4.69) is 4.98 Å². The quantitative estimate of drug-likeness (QED) is 0.875. The maximum absolute atomic E-state index is 12.1. The molecule has 1 rings (SSSR count). The number of nitrogens with two attached hydrogens (primary N) is 1. The summed E-state index contributed by atoms with van der Waals surface area (Å²) in [5.74, 6) is -0.786. The van der Waals surface area contributed by atoms with Gasteiger partial charge in [-0.15, -0.1) is 0 Å². The zero-order chi connectivity index (χ0) is 15.5. The number of amides is 1. The molecule has 0 atom stereocenters. The number of aryl methyl sites for hydroxylation is 1. The number of hydrogen-bond donors (Lipinski definition) is 2. The predicted molar refractivity (Wildman–Crippen MR) is 74.6 cm³/mol. The van der Waals surface area contributed by atoms with Crippen LogP contribution in [0.1, 0.15) is 26.3 Å². The lowest BCUT2D eigenvalue weighted by atomic mass is 10.2. The van der Waals surface area contributed by atoms with Crippen LogP contribution in [-0.4, -0.2) is 34.3 Å². The number of carbonyl (C=O) groups excluding carboxylic acids is 1. The fraction of sp³-hybridized carbons (Fsp3) is 0.462. The monoisotopic (exact) mass is 281 g/mol. The number of carboxylic acid groups (broad SMARTS) is 1. The number of pyridine rings is 1. The van der Waals surface area contributed by atoms with Gasteiger partial charge in [0.15, 0.2) is 0 Å². The van der Waals surface area contributed by atoms with Crippen molar-refractivity contribution in [1.29, 1.82) is 0 Å². The molecular weight excluding hydrogens is 262 g/mol. The largest absolute Gasteiger partial charge is 0.480 e. The Kier molecular flexibility index (Phi) is 4.54. The third-order valence-corrected chi connectivity index (χ3v) is 2.25. The first-order chi connectivity index (χ1) is 9.10. The van der Waals surface area contributed by atoms with Crippen LogP contribution >= 0.6 is 0 Å². The van der Waals surface area contributed by atoms with Crippen LogP contribution in [0, 0.1) is 6.92 Å². The number of hydrogen-bond acceptors (Lipinski definition) is 5. The first-order valence-corrected chi connectivity index (χ1v) is 6.05. The average Bonchev–Trinajstić information content (AvgIpc) is 2.27. The Morgan fingerprint density at radius 2 is 2.00 bits per heavy atom. The molecule has 0 aliphatic rings. The molecule has 0 bridgehead atoms. The topological polar surface area (TPSA) is 106 Å². The summed E-state index contributed by atoms with van der Waals surface area (Å²) >= 11 is 0. The van der Waals surface area contributed by atoms with E-state index in [9.17, 15) is 9.59 Å². The number of nitrogens with zero attached hydrogens (tertiary/aromatic N) is 2. The molecule has 1 aromatic rings. The maximum atomic E-state index is 12.1. The number of ether oxygens (including phenoxy) is 1. The van der Waals surface area contributed by atoms with Crippen molar-refractivity contribution in [3.63, 3.8) is 0 Å². The molecule has 0 spiro atoms. The lowest BCUT2D eigenvalue weighted by molar-refractivity contribution is -0.135. The summed E-state index contributed by atoms with van der Waals surface area (Å²) in [5, 5.41) is 8.94. The third-order valence-electron chi connectivity index (χ3n) is 2.25. The minimum absolute atomic E-state index is 0.182. The van der Waals surface area contributed by atoms with Crippen LogP contribution in [-0.2, 0) is 9.53 Å². The Balaban J connectivity index is 3.15. The second kappa shape index (κ2) is 5.77. The Labute approximate surface area is 117 Å². The molecule has 1 amide bonds. The van der Waals surface area contributed by atoms with E-state index < -0.39 is 24.2 Å². The van der Waals surface area contributed by atoms with Gasteiger partial charge in [0.25, 0.3) is 0 Å². The number of anilines is 2. The van der Waals surface area contributed by atoms with Crippen molar-refractivity contribution in [3.05, 3.63) is 17.7 Å². The highest BCUT2D eigenvalue weighted by molar-refractivity contribution is 5.93. The van der Waals surface area contributed by atoms with Crippen molar-refractivity contribution in [2.24, 2.45) is 0 Å². The Bertz CT molecular complexity index is 523. The number of nitrogen functional groups attached to an aromatic ring is 1. The van der Waals surface area contributed by atoms with E-state index in [4.69, 9.17) is 15.6 Å². The zero-order valence-corrected chi connectivity index (χ0v) is 12.0. The van der Waals surface area contributed by atoms with Gasteiger partial charge < -0.3 is 15.6 Å². The summed E-state index contributed by atoms with van der Waals surface area (Å²) in [6.07, 6.45) is -0.777. The molecular formula is C13H19N3O4. The standard InChI is InChI=1S/C13H19N3O4/c1-8-5-6-9(14)15-11(8)16(7-10(17)18)12(19)20-13(2,3)4/h5-6H,7H2,1-4H3,(H2,14,15)(H,17,18). The van der Waals surface area contributed by atoms with Crippen LogP contribution < -0.4 is 10.6 Å². The summed E-state index contributed by atoms with van der Waals surface area (Å²) in [5.41, 5.74) is 5.48. The molecule has 0 saturated heterocycles. The van der Waals surface area contributed by atoms with Crippen molar-refractivity contribution in [2.75, 3.05) is 17.2 Å². The summed E-state index contributed by atoms with van der Waals surface area (Å²) in [6.45, 7) is 6.25. The van der Waals surface area contributed by atoms with Gasteiger partial charge >= 0.3 is 12.1 Å². The highest BCUT2D eigenvalue weighted by atomic mass is 16.6. The van der Waals surface area contributed by atoms with Crippen LogP contribution in [0.25, 0.3) is 0 Å². The van der Waals surface area contributed by atoms with Gasteiger partial charge in [-0.25, -0.2) is 14.7 Å². The second-order valence-electron chi connectivity index (χ2n) is 5.34. The Morgan fingerprint density at radius 3 is 2.50 bits per heavy atom. The third kappa shape index (κ3) is 4.42. The van der Waals surface area contributed by atoms with E-state index in [1.807, 2.05) is 0 Å². The molecule has 0 aromatic carbocycles. The fourth-order valence-corrected chi connectivity index (χ4v) is 1.48. The number of carbonyl (C=O) groups is 2. The summed E-state index contributed by atoms with van der Waals surface area (Å²) in [4.78, 5) is 28.0. The SMILES string of the molecule is Cc1ccc(N)nc1N(CC(=O)O)C(=O)OC(C)(C)C. The van der Waals surface area contributed by atoms with Crippen LogP contribution in [0.15, 0.2) is 12.1 Å². The van der Waals surface area contributed by atoms with Crippen molar-refractivity contribution in [3.8, 4) is 0 Å². The van der Waals surface area contributed by atoms with Crippen LogP contribution in [0.3, 0.4) is 0 Å². The fourth-order valence-electron chi connectivity index (χ4n) is 1.48. The molecule has 0 aliphatic heterocycles. The van der Waals surface area contributed by atoms with Gasteiger partial charge in [-0.1, -0.05) is 6.07 Å². The summed E-state index contributed by atoms with van der Waals surface area (Å²) in [7, 11) is 0. The van der Waals surface area contributed by atoms with E-state index >= 15 is 0 Å². The summed E-state index contributed by atoms with van der Waals surface area (Å²) in [6, 6.07) is 3.24. The van der Waals surface area contributed by atoms with Gasteiger partial charge in [-0.3, -0.25) is 4.79 Å². The van der Waals surface area contributed by atoms with Crippen molar-refractivity contribution >= 4 is 23.7 Å². The molecule has 1 heterocycles. The van der Waals surface area contributed by atoms with E-state index in [1.165, 1.54) is 0 Å². The van der Waals surface area contributed by atoms with Crippen LogP contribution in [0.2, 0.25) is 0 Å². The van der Waals surface area contributed by atoms with Gasteiger partial charge in [0.05, 0.1) is 0 Å². The van der Waals surface area contributed by atoms with Crippen molar-refractivity contribution in [2.45, 2.75) is 33.3 Å². The predicted octanol–water partition coefficient (Wildman–Crippen LogP) is 1.80. The van der Waals surface area contributed by atoms with Crippen LogP contribution in [0.5, 0.6) is 0 Å². The van der Waals surface area contributed by atoms with E-state index in [0.717, 1.165) is 4.90 Å². The second-order valence-corrected chi connectivity index (χ2v) is 5.34. The lowest BCUT2D eigenvalue weighted by Gasteiger charge is -2.26. The van der Waals surface area contributed by atoms with E-state index in [-0.39, 0.29) is 11.6 Å². The van der Waals surface area contributed by atoms with Gasteiger partial charge in [0.2, 0.25) is 0 Å². The number of aromatic nitrogens is 1. The highest BCUT2D eigenvalue weighted by Crippen LogP contribution is 2.21. The Hall–Kier alpha value is -2.31.